The summed E-state index contributed by atoms with van der Waals surface area (Å²) in [6.45, 7) is 2.99. The number of hydrogen-bond acceptors (Lipinski definition) is 3. The molecule has 2 aromatic heterocycles. The molecule has 0 aliphatic rings. The van der Waals surface area contributed by atoms with Crippen LogP contribution in [0.5, 0.6) is 5.75 Å². The lowest BCUT2D eigenvalue weighted by Gasteiger charge is -2.07. The van der Waals surface area contributed by atoms with Crippen LogP contribution in [0.25, 0.3) is 38.8 Å². The third kappa shape index (κ3) is 2.39. The van der Waals surface area contributed by atoms with Crippen molar-refractivity contribution < 1.29 is 5.11 Å². The van der Waals surface area contributed by atoms with Gasteiger partial charge in [-0.05, 0) is 43.3 Å². The number of benzene rings is 3. The first-order chi connectivity index (χ1) is 13.3. The Morgan fingerprint density at radius 3 is 2.41 bits per heavy atom. The Hall–Kier alpha value is -3.60. The van der Waals surface area contributed by atoms with Gasteiger partial charge in [0.1, 0.15) is 5.75 Å². The Morgan fingerprint density at radius 2 is 1.63 bits per heavy atom. The summed E-state index contributed by atoms with van der Waals surface area (Å²) < 4.78 is 4.11. The van der Waals surface area contributed by atoms with Gasteiger partial charge >= 0.3 is 0 Å². The van der Waals surface area contributed by atoms with E-state index in [1.54, 1.807) is 12.3 Å². The van der Waals surface area contributed by atoms with Crippen LogP contribution in [-0.2, 0) is 6.54 Å². The first kappa shape index (κ1) is 15.6. The molecule has 0 spiro atoms. The molecule has 0 aliphatic carbocycles. The fourth-order valence-electron chi connectivity index (χ4n) is 3.78. The van der Waals surface area contributed by atoms with Gasteiger partial charge in [-0.2, -0.15) is 0 Å². The average Bonchev–Trinajstić information content (AvgIpc) is 3.31. The van der Waals surface area contributed by atoms with Gasteiger partial charge in [0.15, 0.2) is 0 Å². The summed E-state index contributed by atoms with van der Waals surface area (Å²) in [5.41, 5.74) is 5.21. The molecule has 0 radical (unpaired) electrons. The van der Waals surface area contributed by atoms with Gasteiger partial charge in [-0.1, -0.05) is 35.5 Å². The lowest BCUT2D eigenvalue weighted by atomic mass is 10.1. The molecule has 0 atom stereocenters. The topological polar surface area (TPSA) is 55.9 Å². The van der Waals surface area contributed by atoms with E-state index >= 15 is 0 Å². The zero-order chi connectivity index (χ0) is 18.4. The molecular formula is C22H18N4O. The van der Waals surface area contributed by atoms with E-state index in [0.29, 0.717) is 0 Å². The van der Waals surface area contributed by atoms with E-state index in [4.69, 9.17) is 0 Å². The predicted molar refractivity (Wildman–Crippen MR) is 107 cm³/mol. The first-order valence-electron chi connectivity index (χ1n) is 8.97. The molecule has 0 fully saturated rings. The van der Waals surface area contributed by atoms with Gasteiger partial charge in [-0.25, -0.2) is 4.68 Å². The second kappa shape index (κ2) is 5.99. The van der Waals surface area contributed by atoms with Crippen LogP contribution >= 0.6 is 0 Å². The summed E-state index contributed by atoms with van der Waals surface area (Å²) in [5, 5.41) is 20.5. The molecule has 0 saturated carbocycles. The van der Waals surface area contributed by atoms with E-state index < -0.39 is 0 Å². The Bertz CT molecular complexity index is 1270. The number of aromatic hydroxyl groups is 1. The van der Waals surface area contributed by atoms with Crippen molar-refractivity contribution in [2.24, 2.45) is 0 Å². The number of rotatable bonds is 3. The Kier molecular flexibility index (Phi) is 3.47. The minimum absolute atomic E-state index is 0.272. The zero-order valence-corrected chi connectivity index (χ0v) is 14.9. The lowest BCUT2D eigenvalue weighted by molar-refractivity contribution is 0.476. The van der Waals surface area contributed by atoms with Crippen molar-refractivity contribution >= 4 is 21.8 Å². The monoisotopic (exact) mass is 354 g/mol. The highest BCUT2D eigenvalue weighted by molar-refractivity contribution is 6.09. The summed E-state index contributed by atoms with van der Waals surface area (Å²) in [5.74, 6) is 0.272. The maximum Gasteiger partial charge on any atom is 0.116 e. The van der Waals surface area contributed by atoms with Crippen LogP contribution in [-0.4, -0.2) is 24.7 Å². The summed E-state index contributed by atoms with van der Waals surface area (Å²) in [4.78, 5) is 0. The van der Waals surface area contributed by atoms with Crippen molar-refractivity contribution in [1.29, 1.82) is 0 Å². The van der Waals surface area contributed by atoms with E-state index in [2.05, 4.69) is 52.1 Å². The molecule has 1 N–H and O–H groups in total. The van der Waals surface area contributed by atoms with Crippen molar-refractivity contribution in [2.75, 3.05) is 0 Å². The van der Waals surface area contributed by atoms with Gasteiger partial charge in [0.25, 0.3) is 0 Å². The van der Waals surface area contributed by atoms with Crippen LogP contribution in [0, 0.1) is 0 Å². The zero-order valence-electron chi connectivity index (χ0n) is 14.9. The highest BCUT2D eigenvalue weighted by atomic mass is 16.3. The molecule has 5 rings (SSSR count). The number of nitrogens with zero attached hydrogens (tertiary/aromatic N) is 4. The smallest absolute Gasteiger partial charge is 0.116 e. The molecule has 0 amide bonds. The number of fused-ring (bicyclic) bond motifs is 3. The molecule has 5 nitrogen and oxygen atoms in total. The second-order valence-electron chi connectivity index (χ2n) is 6.54. The number of aryl methyl sites for hydroxylation is 1. The van der Waals surface area contributed by atoms with E-state index in [9.17, 15) is 5.11 Å². The van der Waals surface area contributed by atoms with E-state index in [-0.39, 0.29) is 5.75 Å². The number of hydrogen-bond donors (Lipinski definition) is 1. The third-order valence-corrected chi connectivity index (χ3v) is 5.01. The highest BCUT2D eigenvalue weighted by Crippen LogP contribution is 2.33. The van der Waals surface area contributed by atoms with Crippen molar-refractivity contribution in [2.45, 2.75) is 13.5 Å². The predicted octanol–water partition coefficient (Wildman–Crippen LogP) is 4.77. The van der Waals surface area contributed by atoms with E-state index in [1.807, 2.05) is 35.0 Å². The van der Waals surface area contributed by atoms with Crippen LogP contribution in [0.15, 0.2) is 72.9 Å². The van der Waals surface area contributed by atoms with Gasteiger partial charge in [-0.3, -0.25) is 0 Å². The molecule has 0 aliphatic heterocycles. The molecule has 0 unspecified atom stereocenters. The molecule has 5 aromatic rings. The summed E-state index contributed by atoms with van der Waals surface area (Å²) in [6.07, 6.45) is 1.78. The maximum atomic E-state index is 9.98. The van der Waals surface area contributed by atoms with Crippen molar-refractivity contribution in [3.63, 3.8) is 0 Å². The van der Waals surface area contributed by atoms with Gasteiger partial charge < -0.3 is 9.67 Å². The summed E-state index contributed by atoms with van der Waals surface area (Å²) in [6, 6.07) is 21.9. The SMILES string of the molecule is CCn1c2ccc(O)cc2c2cc(-n3nncc3-c3ccccc3)ccc21. The highest BCUT2D eigenvalue weighted by Gasteiger charge is 2.14. The minimum Gasteiger partial charge on any atom is -0.508 e. The van der Waals surface area contributed by atoms with Gasteiger partial charge in [-0.15, -0.1) is 5.10 Å². The largest absolute Gasteiger partial charge is 0.508 e. The van der Waals surface area contributed by atoms with Crippen LogP contribution in [0.4, 0.5) is 0 Å². The van der Waals surface area contributed by atoms with E-state index in [0.717, 1.165) is 45.3 Å². The van der Waals surface area contributed by atoms with E-state index in [1.165, 1.54) is 0 Å². The fraction of sp³-hybridized carbons (Fsp3) is 0.0909. The number of phenolic OH excluding ortho intramolecular Hbond substituents is 1. The Morgan fingerprint density at radius 1 is 0.889 bits per heavy atom. The summed E-state index contributed by atoms with van der Waals surface area (Å²) >= 11 is 0. The standard InChI is InChI=1S/C22H18N4O/c1-2-25-20-10-8-16(12-18(20)19-13-17(27)9-11-21(19)25)26-22(14-23-24-26)15-6-4-3-5-7-15/h3-14,27H,2H2,1H3. The number of phenols is 1. The van der Waals surface area contributed by atoms with Crippen LogP contribution in [0.3, 0.4) is 0 Å². The lowest BCUT2D eigenvalue weighted by Crippen LogP contribution is -1.99. The third-order valence-electron chi connectivity index (χ3n) is 5.01. The van der Waals surface area contributed by atoms with Gasteiger partial charge in [0.05, 0.1) is 17.6 Å². The Labute approximate surface area is 156 Å². The first-order valence-corrected chi connectivity index (χ1v) is 8.97. The normalized spacial score (nSPS) is 11.4. The van der Waals surface area contributed by atoms with Gasteiger partial charge in [0, 0.05) is 33.9 Å². The quantitative estimate of drug-likeness (QED) is 0.508. The van der Waals surface area contributed by atoms with Crippen LogP contribution < -0.4 is 0 Å². The maximum absolute atomic E-state index is 9.98. The van der Waals surface area contributed by atoms with Crippen molar-refractivity contribution in [1.82, 2.24) is 19.6 Å². The molecule has 0 saturated heterocycles. The van der Waals surface area contributed by atoms with Crippen LogP contribution in [0.2, 0.25) is 0 Å². The number of aromatic nitrogens is 4. The molecule has 3 aromatic carbocycles. The average molecular weight is 354 g/mol. The second-order valence-corrected chi connectivity index (χ2v) is 6.54. The minimum atomic E-state index is 0.272. The summed E-state index contributed by atoms with van der Waals surface area (Å²) in [7, 11) is 0. The molecule has 27 heavy (non-hydrogen) atoms. The molecular weight excluding hydrogens is 336 g/mol. The molecule has 132 valence electrons. The fourth-order valence-corrected chi connectivity index (χ4v) is 3.78. The molecule has 5 heteroatoms. The molecule has 0 bridgehead atoms. The molecule has 2 heterocycles. The van der Waals surface area contributed by atoms with Gasteiger partial charge in [0.2, 0.25) is 0 Å². The Balaban J connectivity index is 1.76. The van der Waals surface area contributed by atoms with Crippen molar-refractivity contribution in [3.8, 4) is 22.7 Å². The van der Waals surface area contributed by atoms with Crippen LogP contribution in [0.1, 0.15) is 6.92 Å². The van der Waals surface area contributed by atoms with Crippen molar-refractivity contribution in [3.05, 3.63) is 72.9 Å².